The van der Waals surface area contributed by atoms with Crippen LogP contribution < -0.4 is 0 Å². The van der Waals surface area contributed by atoms with Gasteiger partial charge in [-0.1, -0.05) is 24.3 Å². The maximum absolute atomic E-state index is 10.7. The van der Waals surface area contributed by atoms with E-state index in [4.69, 9.17) is 0 Å². The van der Waals surface area contributed by atoms with E-state index < -0.39 is 4.92 Å². The monoisotopic (exact) mass is 332 g/mol. The second-order valence-corrected chi connectivity index (χ2v) is 5.10. The van der Waals surface area contributed by atoms with Gasteiger partial charge < -0.3 is 10.1 Å². The standard InChI is InChI=1S/C13H9BrN4O2/c14-11-8-17(16-13(11)18(19)20)7-10-6-5-9-3-1-2-4-12(9)15-10/h1-6,8H,7H2. The molecule has 0 aliphatic carbocycles. The minimum Gasteiger partial charge on any atom is -0.358 e. The Kier molecular flexibility index (Phi) is 3.19. The zero-order valence-electron chi connectivity index (χ0n) is 10.2. The van der Waals surface area contributed by atoms with Gasteiger partial charge in [0.2, 0.25) is 0 Å². The maximum atomic E-state index is 10.7. The molecule has 0 saturated carbocycles. The Morgan fingerprint density at radius 2 is 2.05 bits per heavy atom. The van der Waals surface area contributed by atoms with Crippen LogP contribution in [0.3, 0.4) is 0 Å². The molecule has 3 rings (SSSR count). The molecule has 7 heteroatoms. The van der Waals surface area contributed by atoms with E-state index >= 15 is 0 Å². The highest BCUT2D eigenvalue weighted by molar-refractivity contribution is 9.10. The van der Waals surface area contributed by atoms with E-state index in [2.05, 4.69) is 26.0 Å². The van der Waals surface area contributed by atoms with Gasteiger partial charge in [-0.2, -0.15) is 4.68 Å². The van der Waals surface area contributed by atoms with E-state index in [-0.39, 0.29) is 5.82 Å². The van der Waals surface area contributed by atoms with Crippen molar-refractivity contribution in [3.8, 4) is 0 Å². The average Bonchev–Trinajstić information content (AvgIpc) is 2.79. The van der Waals surface area contributed by atoms with Gasteiger partial charge in [0.15, 0.2) is 0 Å². The summed E-state index contributed by atoms with van der Waals surface area (Å²) in [4.78, 5) is 14.7. The lowest BCUT2D eigenvalue weighted by atomic mass is 10.2. The summed E-state index contributed by atoms with van der Waals surface area (Å²) in [5.41, 5.74) is 1.69. The SMILES string of the molecule is O=[N+]([O-])c1nn(Cc2ccc3ccccc3n2)cc1Br. The number of pyridine rings is 1. The first kappa shape index (κ1) is 12.7. The number of halogens is 1. The van der Waals surface area contributed by atoms with E-state index in [0.717, 1.165) is 16.6 Å². The third-order valence-electron chi connectivity index (χ3n) is 2.85. The van der Waals surface area contributed by atoms with E-state index in [1.807, 2.05) is 36.4 Å². The van der Waals surface area contributed by atoms with Gasteiger partial charge in [-0.3, -0.25) is 4.98 Å². The fourth-order valence-electron chi connectivity index (χ4n) is 1.95. The Bertz CT molecular complexity index is 800. The van der Waals surface area contributed by atoms with E-state index in [1.54, 1.807) is 6.20 Å². The lowest BCUT2D eigenvalue weighted by Gasteiger charge is -2.01. The molecular weight excluding hydrogens is 324 g/mol. The van der Waals surface area contributed by atoms with Crippen LogP contribution in [0.5, 0.6) is 0 Å². The molecule has 0 aliphatic rings. The van der Waals surface area contributed by atoms with Crippen LogP contribution in [0.2, 0.25) is 0 Å². The molecule has 100 valence electrons. The molecule has 6 nitrogen and oxygen atoms in total. The molecule has 0 radical (unpaired) electrons. The predicted octanol–water partition coefficient (Wildman–Crippen LogP) is 3.15. The molecule has 0 saturated heterocycles. The molecule has 1 aromatic carbocycles. The van der Waals surface area contributed by atoms with Crippen LogP contribution in [-0.4, -0.2) is 19.7 Å². The molecule has 2 heterocycles. The largest absolute Gasteiger partial charge is 0.404 e. The molecule has 0 spiro atoms. The van der Waals surface area contributed by atoms with Crippen LogP contribution in [0.4, 0.5) is 5.82 Å². The third kappa shape index (κ3) is 2.39. The van der Waals surface area contributed by atoms with Gasteiger partial charge >= 0.3 is 5.82 Å². The predicted molar refractivity (Wildman–Crippen MR) is 77.4 cm³/mol. The van der Waals surface area contributed by atoms with E-state index in [1.165, 1.54) is 4.68 Å². The number of aromatic nitrogens is 3. The van der Waals surface area contributed by atoms with Gasteiger partial charge in [-0.15, -0.1) is 0 Å². The molecule has 0 unspecified atom stereocenters. The van der Waals surface area contributed by atoms with Crippen molar-refractivity contribution < 1.29 is 4.92 Å². The van der Waals surface area contributed by atoms with Crippen molar-refractivity contribution in [2.75, 3.05) is 0 Å². The molecule has 0 amide bonds. The average molecular weight is 333 g/mol. The van der Waals surface area contributed by atoms with Crippen LogP contribution >= 0.6 is 15.9 Å². The molecule has 0 N–H and O–H groups in total. The molecule has 0 atom stereocenters. The first-order valence-corrected chi connectivity index (χ1v) is 6.65. The van der Waals surface area contributed by atoms with Gasteiger partial charge in [0, 0.05) is 5.39 Å². The Balaban J connectivity index is 1.92. The molecule has 0 bridgehead atoms. The molecule has 20 heavy (non-hydrogen) atoms. The molecule has 0 aliphatic heterocycles. The van der Waals surface area contributed by atoms with Crippen LogP contribution in [0.15, 0.2) is 47.1 Å². The summed E-state index contributed by atoms with van der Waals surface area (Å²) in [7, 11) is 0. The number of nitro groups is 1. The minimum atomic E-state index is -0.519. The summed E-state index contributed by atoms with van der Waals surface area (Å²) >= 11 is 3.13. The van der Waals surface area contributed by atoms with Crippen LogP contribution in [-0.2, 0) is 6.54 Å². The van der Waals surface area contributed by atoms with Crippen molar-refractivity contribution in [1.29, 1.82) is 0 Å². The van der Waals surface area contributed by atoms with Crippen molar-refractivity contribution >= 4 is 32.7 Å². The summed E-state index contributed by atoms with van der Waals surface area (Å²) in [6.45, 7) is 0.386. The normalized spacial score (nSPS) is 10.8. The summed E-state index contributed by atoms with van der Waals surface area (Å²) in [6.07, 6.45) is 1.58. The number of nitrogens with zero attached hydrogens (tertiary/aromatic N) is 4. The number of para-hydroxylation sites is 1. The fraction of sp³-hybridized carbons (Fsp3) is 0.0769. The summed E-state index contributed by atoms with van der Waals surface area (Å²) in [5.74, 6) is -0.189. The molecule has 0 fully saturated rings. The smallest absolute Gasteiger partial charge is 0.358 e. The zero-order chi connectivity index (χ0) is 14.1. The summed E-state index contributed by atoms with van der Waals surface area (Å²) in [5, 5.41) is 15.7. The second-order valence-electron chi connectivity index (χ2n) is 4.25. The lowest BCUT2D eigenvalue weighted by Crippen LogP contribution is -2.03. The zero-order valence-corrected chi connectivity index (χ0v) is 11.8. The first-order valence-electron chi connectivity index (χ1n) is 5.85. The Hall–Kier alpha value is -2.28. The number of hydrogen-bond acceptors (Lipinski definition) is 4. The van der Waals surface area contributed by atoms with Crippen LogP contribution in [0, 0.1) is 10.1 Å². The van der Waals surface area contributed by atoms with Crippen LogP contribution in [0.1, 0.15) is 5.69 Å². The fourth-order valence-corrected chi connectivity index (χ4v) is 2.41. The quantitative estimate of drug-likeness (QED) is 0.545. The second kappa shape index (κ2) is 5.01. The Morgan fingerprint density at radius 1 is 1.25 bits per heavy atom. The van der Waals surface area contributed by atoms with Gasteiger partial charge in [0.25, 0.3) is 0 Å². The maximum Gasteiger partial charge on any atom is 0.404 e. The lowest BCUT2D eigenvalue weighted by molar-refractivity contribution is -0.390. The molecule has 2 aromatic heterocycles. The minimum absolute atomic E-state index is 0.189. The Morgan fingerprint density at radius 3 is 2.80 bits per heavy atom. The number of hydrogen-bond donors (Lipinski definition) is 0. The molecule has 3 aromatic rings. The van der Waals surface area contributed by atoms with Crippen molar-refractivity contribution in [3.05, 3.63) is 62.9 Å². The van der Waals surface area contributed by atoms with Gasteiger partial charge in [0.05, 0.1) is 22.5 Å². The highest BCUT2D eigenvalue weighted by Crippen LogP contribution is 2.22. The highest BCUT2D eigenvalue weighted by atomic mass is 79.9. The van der Waals surface area contributed by atoms with Crippen molar-refractivity contribution in [3.63, 3.8) is 0 Å². The van der Waals surface area contributed by atoms with E-state index in [0.29, 0.717) is 11.0 Å². The van der Waals surface area contributed by atoms with E-state index in [9.17, 15) is 10.1 Å². The molecular formula is C13H9BrN4O2. The van der Waals surface area contributed by atoms with Crippen molar-refractivity contribution in [1.82, 2.24) is 14.8 Å². The number of benzene rings is 1. The summed E-state index contributed by atoms with van der Waals surface area (Å²) in [6, 6.07) is 11.7. The van der Waals surface area contributed by atoms with Gasteiger partial charge in [0.1, 0.15) is 11.0 Å². The topological polar surface area (TPSA) is 73.8 Å². The first-order chi connectivity index (χ1) is 9.63. The van der Waals surface area contributed by atoms with Crippen LogP contribution in [0.25, 0.3) is 10.9 Å². The number of fused-ring (bicyclic) bond motifs is 1. The third-order valence-corrected chi connectivity index (χ3v) is 3.41. The Labute approximate surface area is 122 Å². The highest BCUT2D eigenvalue weighted by Gasteiger charge is 2.18. The van der Waals surface area contributed by atoms with Gasteiger partial charge in [-0.25, -0.2) is 0 Å². The van der Waals surface area contributed by atoms with Gasteiger partial charge in [-0.05, 0) is 33.0 Å². The van der Waals surface area contributed by atoms with Crippen molar-refractivity contribution in [2.45, 2.75) is 6.54 Å². The van der Waals surface area contributed by atoms with Crippen molar-refractivity contribution in [2.24, 2.45) is 0 Å². The number of rotatable bonds is 3. The summed E-state index contributed by atoms with van der Waals surface area (Å²) < 4.78 is 1.86.